The van der Waals surface area contributed by atoms with Gasteiger partial charge in [-0.05, 0) is 25.8 Å². The lowest BCUT2D eigenvalue weighted by Crippen LogP contribution is -2.37. The lowest BCUT2D eigenvalue weighted by molar-refractivity contribution is -0.140. The van der Waals surface area contributed by atoms with Crippen LogP contribution in [0.3, 0.4) is 0 Å². The SMILES string of the molecule is CCNC(=NCc1ccccc1OC)NCCCCC(=O)OC. The van der Waals surface area contributed by atoms with E-state index in [2.05, 4.69) is 20.4 Å². The molecule has 0 amide bonds. The van der Waals surface area contributed by atoms with Crippen molar-refractivity contribution in [3.63, 3.8) is 0 Å². The number of unbranched alkanes of at least 4 members (excludes halogenated alkanes) is 1. The zero-order valence-electron chi connectivity index (χ0n) is 14.2. The number of benzene rings is 1. The fraction of sp³-hybridized carbons (Fsp3) is 0.529. The summed E-state index contributed by atoms with van der Waals surface area (Å²) in [6, 6.07) is 7.84. The third-order valence-electron chi connectivity index (χ3n) is 3.27. The standard InChI is InChI=1S/C17H27N3O3/c1-4-18-17(19-12-8-7-11-16(21)23-3)20-13-14-9-5-6-10-15(14)22-2/h5-6,9-10H,4,7-8,11-13H2,1-3H3,(H2,18,19,20). The van der Waals surface area contributed by atoms with Gasteiger partial charge in [0.25, 0.3) is 0 Å². The molecule has 0 radical (unpaired) electrons. The molecule has 0 spiro atoms. The van der Waals surface area contributed by atoms with Crippen molar-refractivity contribution >= 4 is 11.9 Å². The molecule has 0 heterocycles. The minimum absolute atomic E-state index is 0.165. The molecule has 0 saturated heterocycles. The normalized spacial score (nSPS) is 11.0. The van der Waals surface area contributed by atoms with E-state index in [1.54, 1.807) is 7.11 Å². The molecule has 0 fully saturated rings. The first-order valence-corrected chi connectivity index (χ1v) is 7.92. The van der Waals surface area contributed by atoms with Crippen LogP contribution in [0.2, 0.25) is 0 Å². The summed E-state index contributed by atoms with van der Waals surface area (Å²) >= 11 is 0. The Bertz CT molecular complexity index is 504. The van der Waals surface area contributed by atoms with Gasteiger partial charge in [-0.2, -0.15) is 0 Å². The first kappa shape index (κ1) is 18.8. The summed E-state index contributed by atoms with van der Waals surface area (Å²) in [6.07, 6.45) is 2.13. The van der Waals surface area contributed by atoms with Gasteiger partial charge in [0.1, 0.15) is 5.75 Å². The van der Waals surface area contributed by atoms with Gasteiger partial charge in [-0.25, -0.2) is 4.99 Å². The minimum Gasteiger partial charge on any atom is -0.496 e. The molecule has 1 rings (SSSR count). The fourth-order valence-electron chi connectivity index (χ4n) is 2.04. The van der Waals surface area contributed by atoms with E-state index in [9.17, 15) is 4.79 Å². The van der Waals surface area contributed by atoms with Gasteiger partial charge < -0.3 is 20.1 Å². The van der Waals surface area contributed by atoms with Crippen LogP contribution in [0.1, 0.15) is 31.7 Å². The Morgan fingerprint density at radius 3 is 2.65 bits per heavy atom. The Hall–Kier alpha value is -2.24. The zero-order chi connectivity index (χ0) is 16.9. The molecule has 1 aromatic rings. The van der Waals surface area contributed by atoms with Crippen LogP contribution in [0.25, 0.3) is 0 Å². The van der Waals surface area contributed by atoms with E-state index in [0.717, 1.165) is 43.2 Å². The Morgan fingerprint density at radius 2 is 1.96 bits per heavy atom. The number of rotatable bonds is 9. The number of hydrogen-bond donors (Lipinski definition) is 2. The van der Waals surface area contributed by atoms with Gasteiger partial charge in [-0.1, -0.05) is 18.2 Å². The smallest absolute Gasteiger partial charge is 0.305 e. The second-order valence-electron chi connectivity index (χ2n) is 4.97. The second kappa shape index (κ2) is 11.3. The summed E-state index contributed by atoms with van der Waals surface area (Å²) in [4.78, 5) is 15.6. The van der Waals surface area contributed by atoms with E-state index in [0.29, 0.717) is 13.0 Å². The molecule has 0 saturated carbocycles. The quantitative estimate of drug-likeness (QED) is 0.315. The first-order chi connectivity index (χ1) is 11.2. The number of guanidine groups is 1. The Morgan fingerprint density at radius 1 is 1.17 bits per heavy atom. The second-order valence-corrected chi connectivity index (χ2v) is 4.97. The number of ether oxygens (including phenoxy) is 2. The third-order valence-corrected chi connectivity index (χ3v) is 3.27. The number of hydrogen-bond acceptors (Lipinski definition) is 4. The highest BCUT2D eigenvalue weighted by molar-refractivity contribution is 5.79. The largest absolute Gasteiger partial charge is 0.496 e. The molecule has 6 heteroatoms. The number of para-hydroxylation sites is 1. The van der Waals surface area contributed by atoms with Crippen LogP contribution in [0.15, 0.2) is 29.3 Å². The first-order valence-electron chi connectivity index (χ1n) is 7.92. The van der Waals surface area contributed by atoms with Gasteiger partial charge in [0.15, 0.2) is 5.96 Å². The van der Waals surface area contributed by atoms with Gasteiger partial charge in [-0.15, -0.1) is 0 Å². The summed E-state index contributed by atoms with van der Waals surface area (Å²) in [7, 11) is 3.07. The van der Waals surface area contributed by atoms with Crippen LogP contribution in [-0.4, -0.2) is 39.2 Å². The highest BCUT2D eigenvalue weighted by atomic mass is 16.5. The number of esters is 1. The number of aliphatic imine (C=N–C) groups is 1. The molecular formula is C17H27N3O3. The summed E-state index contributed by atoms with van der Waals surface area (Å²) in [5, 5.41) is 6.47. The predicted octanol–water partition coefficient (Wildman–Crippen LogP) is 2.09. The van der Waals surface area contributed by atoms with Crippen molar-refractivity contribution in [1.29, 1.82) is 0 Å². The van der Waals surface area contributed by atoms with Crippen molar-refractivity contribution in [2.45, 2.75) is 32.7 Å². The Labute approximate surface area is 138 Å². The van der Waals surface area contributed by atoms with Crippen molar-refractivity contribution in [1.82, 2.24) is 10.6 Å². The number of carbonyl (C=O) groups is 1. The zero-order valence-corrected chi connectivity index (χ0v) is 14.2. The number of nitrogens with one attached hydrogen (secondary N) is 2. The molecule has 0 atom stereocenters. The molecule has 1 aromatic carbocycles. The van der Waals surface area contributed by atoms with Crippen molar-refractivity contribution in [2.75, 3.05) is 27.3 Å². The van der Waals surface area contributed by atoms with Gasteiger partial charge in [-0.3, -0.25) is 4.79 Å². The summed E-state index contributed by atoms with van der Waals surface area (Å²) in [5.74, 6) is 1.43. The lowest BCUT2D eigenvalue weighted by atomic mass is 10.2. The fourth-order valence-corrected chi connectivity index (χ4v) is 2.04. The molecule has 128 valence electrons. The highest BCUT2D eigenvalue weighted by Gasteiger charge is 2.03. The van der Waals surface area contributed by atoms with Gasteiger partial charge in [0, 0.05) is 25.1 Å². The van der Waals surface area contributed by atoms with Gasteiger partial charge in [0.2, 0.25) is 0 Å². The van der Waals surface area contributed by atoms with Crippen LogP contribution < -0.4 is 15.4 Å². The highest BCUT2D eigenvalue weighted by Crippen LogP contribution is 2.17. The van der Waals surface area contributed by atoms with Crippen LogP contribution in [0, 0.1) is 0 Å². The van der Waals surface area contributed by atoms with Crippen molar-refractivity contribution in [2.24, 2.45) is 4.99 Å². The maximum Gasteiger partial charge on any atom is 0.305 e. The van der Waals surface area contributed by atoms with E-state index in [4.69, 9.17) is 4.74 Å². The molecule has 0 unspecified atom stereocenters. The molecule has 0 bridgehead atoms. The van der Waals surface area contributed by atoms with Crippen LogP contribution in [0.4, 0.5) is 0 Å². The molecule has 0 aliphatic heterocycles. The Balaban J connectivity index is 2.45. The summed E-state index contributed by atoms with van der Waals surface area (Å²) in [5.41, 5.74) is 1.04. The van der Waals surface area contributed by atoms with E-state index in [-0.39, 0.29) is 5.97 Å². The summed E-state index contributed by atoms with van der Waals surface area (Å²) in [6.45, 7) is 4.12. The van der Waals surface area contributed by atoms with Crippen LogP contribution in [0.5, 0.6) is 5.75 Å². The third kappa shape index (κ3) is 7.54. The molecule has 0 aromatic heterocycles. The predicted molar refractivity (Wildman–Crippen MR) is 91.7 cm³/mol. The molecule has 2 N–H and O–H groups in total. The van der Waals surface area contributed by atoms with Crippen molar-refractivity contribution in [3.8, 4) is 5.75 Å². The van der Waals surface area contributed by atoms with Crippen molar-refractivity contribution < 1.29 is 14.3 Å². The number of nitrogens with zero attached hydrogens (tertiary/aromatic N) is 1. The Kier molecular flexibility index (Phi) is 9.28. The maximum absolute atomic E-state index is 11.0. The van der Waals surface area contributed by atoms with E-state index in [1.807, 2.05) is 31.2 Å². The van der Waals surface area contributed by atoms with E-state index >= 15 is 0 Å². The van der Waals surface area contributed by atoms with E-state index in [1.165, 1.54) is 7.11 Å². The molecule has 0 aliphatic carbocycles. The van der Waals surface area contributed by atoms with Gasteiger partial charge in [0.05, 0.1) is 20.8 Å². The number of carbonyl (C=O) groups excluding carboxylic acids is 1. The minimum atomic E-state index is -0.165. The van der Waals surface area contributed by atoms with Crippen molar-refractivity contribution in [3.05, 3.63) is 29.8 Å². The topological polar surface area (TPSA) is 72.0 Å². The van der Waals surface area contributed by atoms with Gasteiger partial charge >= 0.3 is 5.97 Å². The average molecular weight is 321 g/mol. The molecular weight excluding hydrogens is 294 g/mol. The van der Waals surface area contributed by atoms with Crippen LogP contribution >= 0.6 is 0 Å². The number of methoxy groups -OCH3 is 2. The average Bonchev–Trinajstić information content (AvgIpc) is 2.59. The monoisotopic (exact) mass is 321 g/mol. The summed E-state index contributed by atoms with van der Waals surface area (Å²) < 4.78 is 9.95. The molecule has 6 nitrogen and oxygen atoms in total. The molecule has 23 heavy (non-hydrogen) atoms. The van der Waals surface area contributed by atoms with Crippen LogP contribution in [-0.2, 0) is 16.1 Å². The lowest BCUT2D eigenvalue weighted by Gasteiger charge is -2.12. The van der Waals surface area contributed by atoms with E-state index < -0.39 is 0 Å². The maximum atomic E-state index is 11.0. The molecule has 0 aliphatic rings.